The SMILES string of the molecule is c1ccc2c(c1)CCc1ccccc1N2c1c2nc3c(nc2c(N2c4ccccc4CCc4ccccc42)c2nc4c(nc12)C1c2ccccc2C4c2ccccc21)C1c2ccccc2C3c2ccccc21. The summed E-state index contributed by atoms with van der Waals surface area (Å²) in [6.45, 7) is 0. The summed E-state index contributed by atoms with van der Waals surface area (Å²) in [5.41, 5.74) is 29.5. The van der Waals surface area contributed by atoms with Crippen molar-refractivity contribution in [2.45, 2.75) is 49.4 Å². The Labute approximate surface area is 417 Å². The fourth-order valence-electron chi connectivity index (χ4n) is 14.1. The summed E-state index contributed by atoms with van der Waals surface area (Å²) < 4.78 is 0. The second-order valence-electron chi connectivity index (χ2n) is 20.5. The Hall–Kier alpha value is -8.74. The quantitative estimate of drug-likeness (QED) is 0.161. The van der Waals surface area contributed by atoms with E-state index in [4.69, 9.17) is 19.9 Å². The van der Waals surface area contributed by atoms with Crippen molar-refractivity contribution in [3.63, 3.8) is 0 Å². The predicted molar refractivity (Wildman–Crippen MR) is 286 cm³/mol. The van der Waals surface area contributed by atoms with E-state index in [1.54, 1.807) is 0 Å². The van der Waals surface area contributed by atoms with Crippen LogP contribution in [-0.2, 0) is 25.7 Å². The van der Waals surface area contributed by atoms with Crippen molar-refractivity contribution in [2.75, 3.05) is 9.80 Å². The van der Waals surface area contributed by atoms with Gasteiger partial charge in [0.15, 0.2) is 0 Å². The zero-order chi connectivity index (χ0) is 46.8. The first-order valence-corrected chi connectivity index (χ1v) is 25.6. The van der Waals surface area contributed by atoms with Crippen LogP contribution in [-0.4, -0.2) is 19.9 Å². The zero-order valence-corrected chi connectivity index (χ0v) is 39.3. The van der Waals surface area contributed by atoms with Crippen LogP contribution in [0.1, 0.15) is 113 Å². The van der Waals surface area contributed by atoms with Gasteiger partial charge in [0.1, 0.15) is 33.4 Å². The van der Waals surface area contributed by atoms with Crippen molar-refractivity contribution in [1.29, 1.82) is 0 Å². The lowest BCUT2D eigenvalue weighted by atomic mass is 9.64. The van der Waals surface area contributed by atoms with Gasteiger partial charge >= 0.3 is 0 Å². The third-order valence-corrected chi connectivity index (χ3v) is 17.1. The summed E-state index contributed by atoms with van der Waals surface area (Å²) in [5.74, 6) is -0.322. The van der Waals surface area contributed by atoms with Crippen LogP contribution < -0.4 is 9.80 Å². The van der Waals surface area contributed by atoms with Crippen LogP contribution in [0.25, 0.3) is 22.1 Å². The van der Waals surface area contributed by atoms with Gasteiger partial charge in [0.2, 0.25) is 0 Å². The average Bonchev–Trinajstić information content (AvgIpc) is 3.71. The molecule has 4 bridgehead atoms. The van der Waals surface area contributed by atoms with E-state index in [0.717, 1.165) is 105 Å². The number of rotatable bonds is 2. The van der Waals surface area contributed by atoms with E-state index in [2.05, 4.69) is 204 Å². The van der Waals surface area contributed by atoms with Crippen LogP contribution >= 0.6 is 0 Å². The van der Waals surface area contributed by atoms with Crippen LogP contribution in [0.2, 0.25) is 0 Å². The van der Waals surface area contributed by atoms with Gasteiger partial charge in [-0.05, 0) is 117 Å². The lowest BCUT2D eigenvalue weighted by Gasteiger charge is -2.42. The first kappa shape index (κ1) is 39.0. The van der Waals surface area contributed by atoms with Gasteiger partial charge in [-0.2, -0.15) is 0 Å². The van der Waals surface area contributed by atoms with E-state index < -0.39 is 0 Å². The minimum Gasteiger partial charge on any atom is -0.306 e. The van der Waals surface area contributed by atoms with E-state index in [-0.39, 0.29) is 23.7 Å². The molecule has 9 aromatic carbocycles. The Kier molecular flexibility index (Phi) is 7.82. The second-order valence-corrected chi connectivity index (χ2v) is 20.5. The highest BCUT2D eigenvalue weighted by molar-refractivity contribution is 6.19. The van der Waals surface area contributed by atoms with E-state index in [1.165, 1.54) is 66.8 Å². The molecule has 338 valence electrons. The fraction of sp³-hybridized carbons (Fsp3) is 0.121. The molecular weight excluding hydrogens is 877 g/mol. The number of hydrogen-bond donors (Lipinski definition) is 0. The summed E-state index contributed by atoms with van der Waals surface area (Å²) in [4.78, 5) is 29.9. The number of fused-ring (bicyclic) bond motifs is 6. The van der Waals surface area contributed by atoms with Gasteiger partial charge in [-0.3, -0.25) is 0 Å². The van der Waals surface area contributed by atoms with Gasteiger partial charge in [-0.15, -0.1) is 0 Å². The van der Waals surface area contributed by atoms with Crippen molar-refractivity contribution in [2.24, 2.45) is 0 Å². The van der Waals surface area contributed by atoms with Gasteiger partial charge in [-0.1, -0.05) is 170 Å². The highest BCUT2D eigenvalue weighted by Crippen LogP contribution is 2.60. The number of para-hydroxylation sites is 4. The molecule has 0 radical (unpaired) electrons. The minimum absolute atomic E-state index is 0.0806. The number of benzene rings is 9. The fourth-order valence-corrected chi connectivity index (χ4v) is 14.1. The molecule has 0 saturated heterocycles. The van der Waals surface area contributed by atoms with Crippen molar-refractivity contribution in [3.8, 4) is 0 Å². The number of anilines is 6. The molecular formula is C66H44N6. The maximum Gasteiger partial charge on any atom is 0.118 e. The first-order valence-electron chi connectivity index (χ1n) is 25.6. The summed E-state index contributed by atoms with van der Waals surface area (Å²) >= 11 is 0. The highest BCUT2D eigenvalue weighted by Gasteiger charge is 2.47. The van der Waals surface area contributed by atoms with Crippen molar-refractivity contribution in [1.82, 2.24) is 19.9 Å². The molecule has 0 saturated carbocycles. The van der Waals surface area contributed by atoms with Crippen LogP contribution in [0.15, 0.2) is 194 Å². The lowest BCUT2D eigenvalue weighted by Crippen LogP contribution is -2.31. The Balaban J connectivity index is 1.10. The molecule has 19 rings (SSSR count). The van der Waals surface area contributed by atoms with Crippen molar-refractivity contribution < 1.29 is 0 Å². The van der Waals surface area contributed by atoms with Crippen LogP contribution in [0.5, 0.6) is 0 Å². The monoisotopic (exact) mass is 920 g/mol. The minimum atomic E-state index is -0.0806. The molecule has 8 aliphatic rings. The van der Waals surface area contributed by atoms with Crippen molar-refractivity contribution >= 4 is 56.2 Å². The van der Waals surface area contributed by atoms with Gasteiger partial charge in [0, 0.05) is 22.7 Å². The van der Waals surface area contributed by atoms with Crippen LogP contribution in [0, 0.1) is 0 Å². The molecule has 0 fully saturated rings. The largest absolute Gasteiger partial charge is 0.306 e. The van der Waals surface area contributed by atoms with E-state index in [0.29, 0.717) is 0 Å². The molecule has 0 amide bonds. The lowest BCUT2D eigenvalue weighted by molar-refractivity contribution is 0.707. The third kappa shape index (κ3) is 5.08. The molecule has 0 N–H and O–H groups in total. The summed E-state index contributed by atoms with van der Waals surface area (Å²) in [6, 6.07) is 72.0. The average molecular weight is 921 g/mol. The number of aromatic nitrogens is 4. The first-order chi connectivity index (χ1) is 35.8. The van der Waals surface area contributed by atoms with Gasteiger partial charge in [-0.25, -0.2) is 19.9 Å². The molecule has 4 heterocycles. The van der Waals surface area contributed by atoms with Gasteiger partial charge in [0.25, 0.3) is 0 Å². The summed E-state index contributed by atoms with van der Waals surface area (Å²) in [5, 5.41) is 0. The predicted octanol–water partition coefficient (Wildman–Crippen LogP) is 14.7. The molecule has 2 aliphatic heterocycles. The Morgan fingerprint density at radius 3 is 0.667 bits per heavy atom. The Morgan fingerprint density at radius 2 is 0.444 bits per heavy atom. The zero-order valence-electron chi connectivity index (χ0n) is 39.3. The molecule has 2 aromatic heterocycles. The van der Waals surface area contributed by atoms with Crippen molar-refractivity contribution in [3.05, 3.63) is 284 Å². The standard InChI is InChI=1S/C66H44N6/c1-13-29-49-37(17-1)33-34-38-18-2-14-30-50(38)71(49)65-61-63(69-59-55-45-25-9-5-21-41(45)53(57(59)67-61)42-22-6-10-26-46(42)55)66(72-51-31-15-3-19-39(51)35-36-40-20-4-16-32-52(40)72)64-62(65)68-58-54-43-23-7-11-27-47(43)56(60(58)70-64)48-28-12-8-24-44(48)54/h1-32,53-56H,33-36H2. The Bertz CT molecular complexity index is 3570. The maximum absolute atomic E-state index is 6.22. The summed E-state index contributed by atoms with van der Waals surface area (Å²) in [7, 11) is 0. The van der Waals surface area contributed by atoms with Crippen LogP contribution in [0.4, 0.5) is 34.1 Å². The van der Waals surface area contributed by atoms with E-state index in [1.807, 2.05) is 0 Å². The molecule has 11 aromatic rings. The highest BCUT2D eigenvalue weighted by atomic mass is 15.2. The number of nitrogens with zero attached hydrogens (tertiary/aromatic N) is 6. The molecule has 0 spiro atoms. The molecule has 0 unspecified atom stereocenters. The molecule has 6 aliphatic carbocycles. The normalized spacial score (nSPS) is 18.8. The van der Waals surface area contributed by atoms with Gasteiger partial charge in [0.05, 0.1) is 46.4 Å². The summed E-state index contributed by atoms with van der Waals surface area (Å²) in [6.07, 6.45) is 3.65. The van der Waals surface area contributed by atoms with Gasteiger partial charge < -0.3 is 9.80 Å². The number of hydrogen-bond acceptors (Lipinski definition) is 6. The smallest absolute Gasteiger partial charge is 0.118 e. The Morgan fingerprint density at radius 1 is 0.250 bits per heavy atom. The molecule has 0 atom stereocenters. The van der Waals surface area contributed by atoms with Crippen LogP contribution in [0.3, 0.4) is 0 Å². The topological polar surface area (TPSA) is 58.0 Å². The molecule has 6 heteroatoms. The molecule has 6 nitrogen and oxygen atoms in total. The maximum atomic E-state index is 6.22. The molecule has 72 heavy (non-hydrogen) atoms. The second kappa shape index (κ2) is 14.4. The number of aryl methyl sites for hydroxylation is 4. The third-order valence-electron chi connectivity index (χ3n) is 17.1. The van der Waals surface area contributed by atoms with E-state index in [9.17, 15) is 0 Å². The van der Waals surface area contributed by atoms with E-state index >= 15 is 0 Å².